The van der Waals surface area contributed by atoms with Gasteiger partial charge >= 0.3 is 12.1 Å². The number of nitrogens with zero attached hydrogens (tertiary/aromatic N) is 1. The Hall–Kier alpha value is -2.79. The molecule has 8 nitrogen and oxygen atoms in total. The van der Waals surface area contributed by atoms with Gasteiger partial charge in [0.05, 0.1) is 17.3 Å². The monoisotopic (exact) mass is 441 g/mol. The van der Waals surface area contributed by atoms with Gasteiger partial charge in [-0.1, -0.05) is 18.2 Å². The van der Waals surface area contributed by atoms with Crippen molar-refractivity contribution in [2.45, 2.75) is 50.8 Å². The molecule has 0 radical (unpaired) electrons. The zero-order valence-electron chi connectivity index (χ0n) is 16.8. The van der Waals surface area contributed by atoms with Gasteiger partial charge in [-0.2, -0.15) is 0 Å². The van der Waals surface area contributed by atoms with Gasteiger partial charge in [-0.05, 0) is 43.7 Å². The van der Waals surface area contributed by atoms with Crippen LogP contribution in [0.2, 0.25) is 0 Å². The molecular weight excluding hydrogens is 415 g/mol. The number of nitro groups is 1. The molecule has 11 heteroatoms. The van der Waals surface area contributed by atoms with Crippen LogP contribution in [-0.4, -0.2) is 30.0 Å². The maximum atomic E-state index is 12.6. The van der Waals surface area contributed by atoms with E-state index in [1.807, 2.05) is 0 Å². The van der Waals surface area contributed by atoms with Crippen LogP contribution in [0.1, 0.15) is 31.2 Å². The molecule has 31 heavy (non-hydrogen) atoms. The second-order valence-electron chi connectivity index (χ2n) is 7.71. The van der Waals surface area contributed by atoms with Crippen molar-refractivity contribution < 1.29 is 22.8 Å². The third-order valence-electron chi connectivity index (χ3n) is 5.39. The summed E-state index contributed by atoms with van der Waals surface area (Å²) in [5, 5.41) is 20.4. The molecule has 1 aliphatic heterocycles. The van der Waals surface area contributed by atoms with Crippen LogP contribution >= 0.6 is 0 Å². The first kappa shape index (κ1) is 22.9. The molecule has 1 fully saturated rings. The van der Waals surface area contributed by atoms with E-state index in [1.54, 1.807) is 12.1 Å². The maximum absolute atomic E-state index is 12.6. The second-order valence-corrected chi connectivity index (χ2v) is 7.71. The number of hydrogen-bond donors (Lipinski definition) is 4. The zero-order chi connectivity index (χ0) is 22.4. The van der Waals surface area contributed by atoms with Crippen molar-refractivity contribution in [3.05, 3.63) is 63.6 Å². The Morgan fingerprint density at radius 2 is 1.94 bits per heavy atom. The molecule has 1 aromatic carbocycles. The van der Waals surface area contributed by atoms with Crippen molar-refractivity contribution in [1.82, 2.24) is 16.0 Å². The van der Waals surface area contributed by atoms with Crippen molar-refractivity contribution in [3.8, 4) is 5.75 Å². The maximum Gasteiger partial charge on any atom is 0.573 e. The Labute approximate surface area is 177 Å². The average molecular weight is 441 g/mol. The number of nitrogens with two attached hydrogens (primary N) is 1. The highest BCUT2D eigenvalue weighted by atomic mass is 19.4. The molecule has 1 heterocycles. The third-order valence-corrected chi connectivity index (χ3v) is 5.39. The average Bonchev–Trinajstić information content (AvgIpc) is 2.71. The van der Waals surface area contributed by atoms with Crippen LogP contribution in [-0.2, 0) is 6.54 Å². The van der Waals surface area contributed by atoms with Crippen molar-refractivity contribution in [2.24, 2.45) is 11.7 Å². The summed E-state index contributed by atoms with van der Waals surface area (Å²) in [5.41, 5.74) is 6.52. The largest absolute Gasteiger partial charge is 0.573 e. The molecule has 0 amide bonds. The Balaban J connectivity index is 1.62. The molecule has 0 bridgehead atoms. The molecule has 3 rings (SSSR count). The minimum absolute atomic E-state index is 0.0653. The summed E-state index contributed by atoms with van der Waals surface area (Å²) in [4.78, 5) is 10.9. The molecular formula is C20H26F3N5O3. The van der Waals surface area contributed by atoms with Gasteiger partial charge < -0.3 is 21.1 Å². The molecule has 0 aromatic heterocycles. The summed E-state index contributed by atoms with van der Waals surface area (Å²) >= 11 is 0. The van der Waals surface area contributed by atoms with E-state index in [-0.39, 0.29) is 24.0 Å². The number of nitrogens with one attached hydrogen (secondary N) is 3. The van der Waals surface area contributed by atoms with Crippen molar-refractivity contribution in [3.63, 3.8) is 0 Å². The van der Waals surface area contributed by atoms with E-state index < -0.39 is 17.5 Å². The first-order chi connectivity index (χ1) is 14.7. The number of rotatable bonds is 8. The fourth-order valence-corrected chi connectivity index (χ4v) is 3.71. The summed E-state index contributed by atoms with van der Waals surface area (Å²) in [6, 6.07) is 6.04. The van der Waals surface area contributed by atoms with E-state index in [0.29, 0.717) is 23.7 Å². The van der Waals surface area contributed by atoms with E-state index in [4.69, 9.17) is 5.73 Å². The van der Waals surface area contributed by atoms with E-state index in [0.717, 1.165) is 25.7 Å². The number of halogens is 3. The van der Waals surface area contributed by atoms with E-state index >= 15 is 0 Å². The number of ether oxygens (including phenoxy) is 1. The Morgan fingerprint density at radius 1 is 1.23 bits per heavy atom. The van der Waals surface area contributed by atoms with Gasteiger partial charge in [0, 0.05) is 24.7 Å². The van der Waals surface area contributed by atoms with Crippen molar-refractivity contribution in [2.75, 3.05) is 6.54 Å². The van der Waals surface area contributed by atoms with Gasteiger partial charge in [0.15, 0.2) is 0 Å². The lowest BCUT2D eigenvalue weighted by molar-refractivity contribution is -0.422. The Bertz CT molecular complexity index is 836. The highest BCUT2D eigenvalue weighted by Gasteiger charge is 2.32. The van der Waals surface area contributed by atoms with Gasteiger partial charge in [-0.15, -0.1) is 13.2 Å². The minimum Gasteiger partial charge on any atom is -0.405 e. The van der Waals surface area contributed by atoms with Gasteiger partial charge in [0.2, 0.25) is 0 Å². The molecule has 5 N–H and O–H groups in total. The van der Waals surface area contributed by atoms with E-state index in [9.17, 15) is 23.3 Å². The highest BCUT2D eigenvalue weighted by Crippen LogP contribution is 2.26. The number of benzene rings is 1. The molecule has 1 aromatic rings. The van der Waals surface area contributed by atoms with Gasteiger partial charge in [0.25, 0.3) is 0 Å². The normalized spacial score (nSPS) is 23.9. The molecule has 0 saturated heterocycles. The van der Waals surface area contributed by atoms with E-state index in [2.05, 4.69) is 20.7 Å². The molecule has 2 aliphatic rings. The van der Waals surface area contributed by atoms with Crippen LogP contribution in [0.25, 0.3) is 0 Å². The van der Waals surface area contributed by atoms with Crippen LogP contribution < -0.4 is 26.4 Å². The fraction of sp³-hybridized carbons (Fsp3) is 0.500. The summed E-state index contributed by atoms with van der Waals surface area (Å²) < 4.78 is 41.8. The lowest BCUT2D eigenvalue weighted by atomic mass is 9.86. The van der Waals surface area contributed by atoms with Crippen LogP contribution in [0.3, 0.4) is 0 Å². The summed E-state index contributed by atoms with van der Waals surface area (Å²) in [5.74, 6) is 0.0964. The summed E-state index contributed by atoms with van der Waals surface area (Å²) in [6.45, 7) is 0.661. The Kier molecular flexibility index (Phi) is 7.39. The predicted octanol–water partition coefficient (Wildman–Crippen LogP) is 2.71. The molecule has 0 spiro atoms. The topological polar surface area (TPSA) is 114 Å². The molecule has 170 valence electrons. The third kappa shape index (κ3) is 6.86. The first-order valence-corrected chi connectivity index (χ1v) is 10.1. The molecule has 1 aliphatic carbocycles. The fourth-order valence-electron chi connectivity index (χ4n) is 3.71. The number of alkyl halides is 3. The van der Waals surface area contributed by atoms with Crippen molar-refractivity contribution in [1.29, 1.82) is 0 Å². The zero-order valence-corrected chi connectivity index (χ0v) is 16.8. The van der Waals surface area contributed by atoms with Crippen molar-refractivity contribution >= 4 is 0 Å². The van der Waals surface area contributed by atoms with E-state index in [1.165, 1.54) is 24.4 Å². The van der Waals surface area contributed by atoms with Crippen LogP contribution in [0, 0.1) is 16.0 Å². The predicted molar refractivity (Wildman–Crippen MR) is 108 cm³/mol. The lowest BCUT2D eigenvalue weighted by Gasteiger charge is -2.27. The van der Waals surface area contributed by atoms with Gasteiger partial charge in [0.1, 0.15) is 11.4 Å². The lowest BCUT2D eigenvalue weighted by Crippen LogP contribution is -2.42. The van der Waals surface area contributed by atoms with Crippen LogP contribution in [0.5, 0.6) is 5.75 Å². The smallest absolute Gasteiger partial charge is 0.405 e. The summed E-state index contributed by atoms with van der Waals surface area (Å²) in [6.07, 6.45) is 1.43. The standard InChI is InChI=1S/C20H26F3N5O3/c21-20(22,23)31-18-4-2-1-3-14(18)11-26-19-9-16(17(12-27-19)28(29)30)25-10-13-5-7-15(24)8-6-13/h1-4,9,12-13,15,19,25-27H,5-8,10-11,24H2. The first-order valence-electron chi connectivity index (χ1n) is 10.1. The number of para-hydroxylation sites is 1. The Morgan fingerprint density at radius 3 is 2.61 bits per heavy atom. The SMILES string of the molecule is NC1CCC(CNC2=CC(NCc3ccccc3OC(F)(F)F)NC=C2[N+](=O)[O-])CC1. The molecule has 1 saturated carbocycles. The number of dihydropyridines is 1. The quantitative estimate of drug-likeness (QED) is 0.362. The van der Waals surface area contributed by atoms with Crippen LogP contribution in [0.4, 0.5) is 13.2 Å². The number of hydrogen-bond acceptors (Lipinski definition) is 7. The van der Waals surface area contributed by atoms with Gasteiger partial charge in [-0.25, -0.2) is 0 Å². The highest BCUT2D eigenvalue weighted by molar-refractivity contribution is 5.34. The molecule has 1 atom stereocenters. The summed E-state index contributed by atoms with van der Waals surface area (Å²) in [7, 11) is 0. The minimum atomic E-state index is -4.79. The van der Waals surface area contributed by atoms with Gasteiger partial charge in [-0.3, -0.25) is 15.4 Å². The molecule has 1 unspecified atom stereocenters. The van der Waals surface area contributed by atoms with Crippen LogP contribution in [0.15, 0.2) is 47.9 Å². The second kappa shape index (κ2) is 10.0.